The van der Waals surface area contributed by atoms with Crippen LogP contribution in [0.1, 0.15) is 39.2 Å². The molecule has 0 spiro atoms. The van der Waals surface area contributed by atoms with Gasteiger partial charge in [-0.25, -0.2) is 8.42 Å². The number of rotatable bonds is 13. The maximum Gasteiger partial charge on any atom is 0.306 e. The van der Waals surface area contributed by atoms with Crippen LogP contribution >= 0.6 is 0 Å². The first kappa shape index (κ1) is 28.8. The molecule has 3 atom stereocenters. The summed E-state index contributed by atoms with van der Waals surface area (Å²) in [6.45, 7) is 5.00. The van der Waals surface area contributed by atoms with E-state index in [1.807, 2.05) is 30.3 Å². The summed E-state index contributed by atoms with van der Waals surface area (Å²) in [5.41, 5.74) is 0.813. The minimum Gasteiger partial charge on any atom is -0.481 e. The molecule has 0 aliphatic carbocycles. The first-order chi connectivity index (χ1) is 15.8. The molecule has 0 saturated heterocycles. The minimum atomic E-state index is -3.52. The number of hydrogen-bond acceptors (Lipinski definition) is 7. The van der Waals surface area contributed by atoms with Gasteiger partial charge in [0.25, 0.3) is 0 Å². The average molecular weight is 497 g/mol. The van der Waals surface area contributed by atoms with E-state index < -0.39 is 58.0 Å². The SMILES string of the molecule is CC(C)[C@H](CC(=O)OCc1ccccc1)C(=O)N[C@@H](C)C(=O)N[C@H](/C=C/S(C)(=O)=O)CC(=O)O. The summed E-state index contributed by atoms with van der Waals surface area (Å²) >= 11 is 0. The predicted octanol–water partition coefficient (Wildman–Crippen LogP) is 1.41. The van der Waals surface area contributed by atoms with Crippen LogP contribution in [0.2, 0.25) is 0 Å². The molecule has 3 N–H and O–H groups in total. The summed E-state index contributed by atoms with van der Waals surface area (Å²) in [6, 6.07) is 6.94. The highest BCUT2D eigenvalue weighted by Crippen LogP contribution is 2.17. The Bertz CT molecular complexity index is 989. The molecule has 0 fully saturated rings. The molecule has 188 valence electrons. The molecule has 2 amide bonds. The second-order valence-electron chi connectivity index (χ2n) is 8.30. The van der Waals surface area contributed by atoms with Gasteiger partial charge in [-0.05, 0) is 18.4 Å². The van der Waals surface area contributed by atoms with E-state index in [1.54, 1.807) is 13.8 Å². The van der Waals surface area contributed by atoms with E-state index in [4.69, 9.17) is 9.84 Å². The van der Waals surface area contributed by atoms with Crippen LogP contribution in [0.3, 0.4) is 0 Å². The van der Waals surface area contributed by atoms with Gasteiger partial charge >= 0.3 is 11.9 Å². The van der Waals surface area contributed by atoms with Crippen molar-refractivity contribution in [2.45, 2.75) is 52.3 Å². The number of amides is 2. The van der Waals surface area contributed by atoms with Crippen molar-refractivity contribution in [3.05, 3.63) is 47.4 Å². The largest absolute Gasteiger partial charge is 0.481 e. The van der Waals surface area contributed by atoms with Crippen molar-refractivity contribution in [2.24, 2.45) is 11.8 Å². The molecular weight excluding hydrogens is 464 g/mol. The lowest BCUT2D eigenvalue weighted by atomic mass is 9.91. The fourth-order valence-corrected chi connectivity index (χ4v) is 3.37. The molecule has 0 radical (unpaired) electrons. The van der Waals surface area contributed by atoms with Gasteiger partial charge in [-0.15, -0.1) is 0 Å². The molecule has 0 heterocycles. The normalized spacial score (nSPS) is 14.3. The van der Waals surface area contributed by atoms with Crippen LogP contribution in [0.4, 0.5) is 0 Å². The van der Waals surface area contributed by atoms with Crippen LogP contribution in [0.15, 0.2) is 41.8 Å². The lowest BCUT2D eigenvalue weighted by Gasteiger charge is -2.23. The number of sulfone groups is 1. The molecule has 1 aromatic rings. The van der Waals surface area contributed by atoms with Crippen molar-refractivity contribution in [3.63, 3.8) is 0 Å². The molecule has 11 heteroatoms. The van der Waals surface area contributed by atoms with Gasteiger partial charge < -0.3 is 20.5 Å². The van der Waals surface area contributed by atoms with Crippen LogP contribution in [0, 0.1) is 11.8 Å². The van der Waals surface area contributed by atoms with Crippen molar-refractivity contribution in [1.82, 2.24) is 10.6 Å². The second kappa shape index (κ2) is 13.5. The molecular formula is C23H32N2O8S. The summed E-state index contributed by atoms with van der Waals surface area (Å²) in [4.78, 5) is 48.5. The Kier molecular flexibility index (Phi) is 11.4. The highest BCUT2D eigenvalue weighted by Gasteiger charge is 2.29. The smallest absolute Gasteiger partial charge is 0.306 e. The predicted molar refractivity (Wildman–Crippen MR) is 125 cm³/mol. The van der Waals surface area contributed by atoms with E-state index in [2.05, 4.69) is 10.6 Å². The molecule has 1 aromatic carbocycles. The van der Waals surface area contributed by atoms with Gasteiger partial charge in [-0.1, -0.05) is 50.3 Å². The van der Waals surface area contributed by atoms with E-state index in [1.165, 1.54) is 6.92 Å². The molecule has 10 nitrogen and oxygen atoms in total. The fraction of sp³-hybridized carbons (Fsp3) is 0.478. The fourth-order valence-electron chi connectivity index (χ4n) is 2.89. The Labute approximate surface area is 199 Å². The van der Waals surface area contributed by atoms with Crippen LogP contribution < -0.4 is 10.6 Å². The third-order valence-electron chi connectivity index (χ3n) is 4.80. The highest BCUT2D eigenvalue weighted by molar-refractivity contribution is 7.93. The lowest BCUT2D eigenvalue weighted by molar-refractivity contribution is -0.149. The van der Waals surface area contributed by atoms with Crippen LogP contribution in [0.5, 0.6) is 0 Å². The Morgan fingerprint density at radius 1 is 1.00 bits per heavy atom. The number of ether oxygens (including phenoxy) is 1. The first-order valence-electron chi connectivity index (χ1n) is 10.7. The topological polar surface area (TPSA) is 156 Å². The van der Waals surface area contributed by atoms with Gasteiger partial charge in [0.05, 0.1) is 24.8 Å². The number of carbonyl (C=O) groups is 4. The zero-order chi connectivity index (χ0) is 25.9. The zero-order valence-corrected chi connectivity index (χ0v) is 20.5. The Morgan fingerprint density at radius 2 is 1.62 bits per heavy atom. The standard InChI is InChI=1S/C23H32N2O8S/c1-15(2)19(13-21(28)33-14-17-8-6-5-7-9-17)23(30)24-16(3)22(29)25-18(12-20(26)27)10-11-34(4,31)32/h5-11,15-16,18-19H,12-14H2,1-4H3,(H,24,30)(H,25,29)(H,26,27)/b11-10+/t16-,18+,19-/m0/s1. The average Bonchev–Trinajstić information content (AvgIpc) is 2.73. The van der Waals surface area contributed by atoms with Gasteiger partial charge in [0.2, 0.25) is 11.8 Å². The third-order valence-corrected chi connectivity index (χ3v) is 5.45. The lowest BCUT2D eigenvalue weighted by Crippen LogP contribution is -2.50. The van der Waals surface area contributed by atoms with E-state index in [0.717, 1.165) is 23.3 Å². The molecule has 0 aliphatic heterocycles. The van der Waals surface area contributed by atoms with Crippen LogP contribution in [-0.4, -0.2) is 55.6 Å². The number of hydrogen-bond donors (Lipinski definition) is 3. The molecule has 0 bridgehead atoms. The van der Waals surface area contributed by atoms with Crippen LogP contribution in [-0.2, 0) is 40.4 Å². The van der Waals surface area contributed by atoms with E-state index in [0.29, 0.717) is 0 Å². The van der Waals surface area contributed by atoms with E-state index in [9.17, 15) is 27.6 Å². The monoisotopic (exact) mass is 496 g/mol. The maximum atomic E-state index is 12.7. The summed E-state index contributed by atoms with van der Waals surface area (Å²) in [6.07, 6.45) is 1.28. The Morgan fingerprint density at radius 3 is 2.15 bits per heavy atom. The summed E-state index contributed by atoms with van der Waals surface area (Å²) in [7, 11) is -3.52. The molecule has 0 aromatic heterocycles. The highest BCUT2D eigenvalue weighted by atomic mass is 32.2. The zero-order valence-electron chi connectivity index (χ0n) is 19.7. The second-order valence-corrected chi connectivity index (χ2v) is 10.2. The molecule has 0 unspecified atom stereocenters. The van der Waals surface area contributed by atoms with Crippen molar-refractivity contribution >= 4 is 33.6 Å². The Balaban J connectivity index is 2.72. The number of benzene rings is 1. The van der Waals surface area contributed by atoms with Gasteiger partial charge in [-0.2, -0.15) is 0 Å². The minimum absolute atomic E-state index is 0.0802. The molecule has 0 aliphatic rings. The first-order valence-corrected chi connectivity index (χ1v) is 12.6. The number of esters is 1. The summed E-state index contributed by atoms with van der Waals surface area (Å²) < 4.78 is 27.8. The van der Waals surface area contributed by atoms with E-state index in [-0.39, 0.29) is 18.9 Å². The number of carboxylic acid groups (broad SMARTS) is 1. The summed E-state index contributed by atoms with van der Waals surface area (Å²) in [5.74, 6) is -4.01. The van der Waals surface area contributed by atoms with Gasteiger partial charge in [0, 0.05) is 11.7 Å². The quantitative estimate of drug-likeness (QED) is 0.346. The van der Waals surface area contributed by atoms with Gasteiger partial charge in [-0.3, -0.25) is 19.2 Å². The van der Waals surface area contributed by atoms with Crippen molar-refractivity contribution in [3.8, 4) is 0 Å². The van der Waals surface area contributed by atoms with Gasteiger partial charge in [0.1, 0.15) is 12.6 Å². The van der Waals surface area contributed by atoms with Crippen LogP contribution in [0.25, 0.3) is 0 Å². The molecule has 1 rings (SSSR count). The molecule has 34 heavy (non-hydrogen) atoms. The van der Waals surface area contributed by atoms with Crippen molar-refractivity contribution in [1.29, 1.82) is 0 Å². The molecule has 0 saturated carbocycles. The third kappa shape index (κ3) is 11.6. The van der Waals surface area contributed by atoms with Crippen molar-refractivity contribution < 1.29 is 37.4 Å². The summed E-state index contributed by atoms with van der Waals surface area (Å²) in [5, 5.41) is 14.7. The number of nitrogens with one attached hydrogen (secondary N) is 2. The number of aliphatic carboxylic acids is 1. The maximum absolute atomic E-state index is 12.7. The Hall–Kier alpha value is -3.21. The van der Waals surface area contributed by atoms with Crippen molar-refractivity contribution in [2.75, 3.05) is 6.26 Å². The number of carbonyl (C=O) groups excluding carboxylic acids is 3. The number of carboxylic acids is 1. The van der Waals surface area contributed by atoms with E-state index >= 15 is 0 Å². The van der Waals surface area contributed by atoms with Gasteiger partial charge in [0.15, 0.2) is 9.84 Å².